The van der Waals surface area contributed by atoms with Gasteiger partial charge in [-0.3, -0.25) is 18.9 Å². The molecule has 1 aliphatic rings. The number of anilines is 1. The highest BCUT2D eigenvalue weighted by molar-refractivity contribution is 8.26. The van der Waals surface area contributed by atoms with Gasteiger partial charge in [0.25, 0.3) is 11.5 Å². The van der Waals surface area contributed by atoms with Gasteiger partial charge in [-0.2, -0.15) is 0 Å². The van der Waals surface area contributed by atoms with Gasteiger partial charge in [-0.15, -0.1) is 0 Å². The van der Waals surface area contributed by atoms with Crippen LogP contribution in [-0.2, 0) is 11.3 Å². The minimum Gasteiger partial charge on any atom is -0.387 e. The van der Waals surface area contributed by atoms with Gasteiger partial charge in [0.15, 0.2) is 0 Å². The molecule has 186 valence electrons. The van der Waals surface area contributed by atoms with E-state index in [0.717, 1.165) is 28.5 Å². The minimum atomic E-state index is -0.810. The Hall–Kier alpha value is -3.79. The van der Waals surface area contributed by atoms with Crippen molar-refractivity contribution < 1.29 is 9.90 Å². The number of pyridine rings is 1. The van der Waals surface area contributed by atoms with Crippen LogP contribution in [0.1, 0.15) is 28.4 Å². The number of fused-ring (bicyclic) bond motifs is 1. The fourth-order valence-corrected chi connectivity index (χ4v) is 5.33. The zero-order chi connectivity index (χ0) is 25.9. The monoisotopic (exact) mass is 528 g/mol. The molecule has 4 aromatic rings. The van der Waals surface area contributed by atoms with Gasteiger partial charge in [0.05, 0.1) is 23.1 Å². The summed E-state index contributed by atoms with van der Waals surface area (Å²) in [6.45, 7) is 2.36. The maximum atomic E-state index is 13.6. The van der Waals surface area contributed by atoms with Crippen LogP contribution in [0.2, 0.25) is 0 Å². The molecule has 0 saturated carbocycles. The van der Waals surface area contributed by atoms with Crippen LogP contribution in [0.25, 0.3) is 11.7 Å². The molecule has 1 atom stereocenters. The molecule has 0 radical (unpaired) electrons. The average Bonchev–Trinajstić information content (AvgIpc) is 3.18. The number of carbonyl (C=O) groups is 1. The van der Waals surface area contributed by atoms with Crippen LogP contribution in [0, 0.1) is 6.92 Å². The molecule has 0 unspecified atom stereocenters. The topological polar surface area (TPSA) is 86.9 Å². The summed E-state index contributed by atoms with van der Waals surface area (Å²) >= 11 is 6.65. The van der Waals surface area contributed by atoms with Crippen molar-refractivity contribution in [2.75, 3.05) is 11.9 Å². The lowest BCUT2D eigenvalue weighted by molar-refractivity contribution is -0.122. The van der Waals surface area contributed by atoms with Gasteiger partial charge in [-0.1, -0.05) is 90.7 Å². The van der Waals surface area contributed by atoms with Crippen molar-refractivity contribution in [2.24, 2.45) is 0 Å². The number of aryl methyl sites for hydroxylation is 1. The van der Waals surface area contributed by atoms with E-state index in [9.17, 15) is 14.7 Å². The summed E-state index contributed by atoms with van der Waals surface area (Å²) in [6, 6.07) is 22.5. The van der Waals surface area contributed by atoms with Crippen molar-refractivity contribution in [3.8, 4) is 0 Å². The Labute approximate surface area is 223 Å². The summed E-state index contributed by atoms with van der Waals surface area (Å²) in [6.07, 6.45) is 2.39. The Morgan fingerprint density at radius 2 is 1.76 bits per heavy atom. The number of aliphatic hydroxyl groups excluding tert-OH is 1. The van der Waals surface area contributed by atoms with Crippen molar-refractivity contribution in [3.05, 3.63) is 117 Å². The number of benzene rings is 2. The number of thiocarbonyl (C=S) groups is 1. The molecule has 0 bridgehead atoms. The number of aliphatic hydroxyl groups is 1. The Bertz CT molecular complexity index is 1570. The first kappa shape index (κ1) is 24.9. The summed E-state index contributed by atoms with van der Waals surface area (Å²) in [5.74, 6) is 0.0328. The third kappa shape index (κ3) is 5.20. The number of amides is 1. The molecule has 2 N–H and O–H groups in total. The van der Waals surface area contributed by atoms with Crippen molar-refractivity contribution in [1.82, 2.24) is 14.3 Å². The Morgan fingerprint density at radius 3 is 2.49 bits per heavy atom. The third-order valence-electron chi connectivity index (χ3n) is 6.06. The van der Waals surface area contributed by atoms with Gasteiger partial charge in [-0.25, -0.2) is 4.98 Å². The molecule has 2 aromatic heterocycles. The Morgan fingerprint density at radius 1 is 1.05 bits per heavy atom. The van der Waals surface area contributed by atoms with Crippen LogP contribution in [0.3, 0.4) is 0 Å². The normalized spacial score (nSPS) is 15.5. The number of carbonyl (C=O) groups excluding carboxylic acids is 1. The molecule has 37 heavy (non-hydrogen) atoms. The van der Waals surface area contributed by atoms with Crippen molar-refractivity contribution >= 4 is 51.7 Å². The van der Waals surface area contributed by atoms with E-state index in [1.165, 1.54) is 9.30 Å². The van der Waals surface area contributed by atoms with E-state index in [2.05, 4.69) is 5.32 Å². The number of aromatic nitrogens is 2. The quantitative estimate of drug-likeness (QED) is 0.269. The van der Waals surface area contributed by atoms with Gasteiger partial charge >= 0.3 is 0 Å². The molecule has 0 aliphatic carbocycles. The van der Waals surface area contributed by atoms with E-state index < -0.39 is 6.10 Å². The van der Waals surface area contributed by atoms with Crippen molar-refractivity contribution in [2.45, 2.75) is 19.6 Å². The van der Waals surface area contributed by atoms with E-state index >= 15 is 0 Å². The standard InChI is InChI=1S/C28H24N4O3S2/c1-18-9-8-14-31-25(18)30-24(29-16-22(33)20-12-6-3-7-13-20)21(26(31)34)15-23-27(35)32(28(36)37-23)17-19-10-4-2-5-11-19/h2-15,22,29,33H,16-17H2,1H3/b23-15+/t22-/m1/s1. The molecular formula is C28H24N4O3S2. The summed E-state index contributed by atoms with van der Waals surface area (Å²) in [5.41, 5.74) is 2.93. The van der Waals surface area contributed by atoms with Gasteiger partial charge in [0.2, 0.25) is 0 Å². The van der Waals surface area contributed by atoms with Crippen molar-refractivity contribution in [1.29, 1.82) is 0 Å². The molecule has 1 aliphatic heterocycles. The largest absolute Gasteiger partial charge is 0.387 e. The second kappa shape index (κ2) is 10.7. The summed E-state index contributed by atoms with van der Waals surface area (Å²) in [4.78, 5) is 33.4. The van der Waals surface area contributed by atoms with Crippen molar-refractivity contribution in [3.63, 3.8) is 0 Å². The molecule has 1 saturated heterocycles. The smallest absolute Gasteiger partial charge is 0.267 e. The number of nitrogens with one attached hydrogen (secondary N) is 1. The lowest BCUT2D eigenvalue weighted by Crippen LogP contribution is -2.27. The summed E-state index contributed by atoms with van der Waals surface area (Å²) in [7, 11) is 0. The third-order valence-corrected chi connectivity index (χ3v) is 7.44. The van der Waals surface area contributed by atoms with Gasteiger partial charge in [0.1, 0.15) is 15.8 Å². The fourth-order valence-electron chi connectivity index (χ4n) is 4.10. The maximum absolute atomic E-state index is 13.6. The number of rotatable bonds is 7. The minimum absolute atomic E-state index is 0.133. The lowest BCUT2D eigenvalue weighted by Gasteiger charge is -2.16. The van der Waals surface area contributed by atoms with Crippen LogP contribution in [0.15, 0.2) is 88.7 Å². The van der Waals surface area contributed by atoms with E-state index in [-0.39, 0.29) is 23.6 Å². The van der Waals surface area contributed by atoms with E-state index in [1.54, 1.807) is 18.3 Å². The second-order valence-corrected chi connectivity index (χ2v) is 10.3. The van der Waals surface area contributed by atoms with Gasteiger partial charge in [-0.05, 0) is 35.8 Å². The summed E-state index contributed by atoms with van der Waals surface area (Å²) in [5, 5.41) is 13.8. The van der Waals surface area contributed by atoms with Crippen LogP contribution < -0.4 is 10.9 Å². The van der Waals surface area contributed by atoms with Crippen LogP contribution in [0.5, 0.6) is 0 Å². The Balaban J connectivity index is 1.51. The second-order valence-electron chi connectivity index (χ2n) is 8.62. The molecular weight excluding hydrogens is 504 g/mol. The van der Waals surface area contributed by atoms with Crippen LogP contribution in [0.4, 0.5) is 5.82 Å². The van der Waals surface area contributed by atoms with Gasteiger partial charge < -0.3 is 10.4 Å². The zero-order valence-corrected chi connectivity index (χ0v) is 21.6. The number of thioether (sulfide) groups is 1. The first-order valence-corrected chi connectivity index (χ1v) is 12.9. The predicted molar refractivity (Wildman–Crippen MR) is 151 cm³/mol. The molecule has 2 aromatic carbocycles. The highest BCUT2D eigenvalue weighted by Gasteiger charge is 2.32. The number of hydrogen-bond acceptors (Lipinski definition) is 7. The molecule has 1 fully saturated rings. The highest BCUT2D eigenvalue weighted by atomic mass is 32.2. The Kier molecular flexibility index (Phi) is 7.18. The van der Waals surface area contributed by atoms with E-state index in [0.29, 0.717) is 27.2 Å². The van der Waals surface area contributed by atoms with Gasteiger partial charge in [0, 0.05) is 12.7 Å². The van der Waals surface area contributed by atoms with Crippen LogP contribution in [-0.4, -0.2) is 36.2 Å². The van der Waals surface area contributed by atoms with E-state index in [1.807, 2.05) is 73.7 Å². The zero-order valence-electron chi connectivity index (χ0n) is 20.0. The predicted octanol–water partition coefficient (Wildman–Crippen LogP) is 4.55. The highest BCUT2D eigenvalue weighted by Crippen LogP contribution is 2.34. The fraction of sp³-hybridized carbons (Fsp3) is 0.143. The average molecular weight is 529 g/mol. The molecule has 3 heterocycles. The molecule has 5 rings (SSSR count). The lowest BCUT2D eigenvalue weighted by atomic mass is 10.1. The molecule has 1 amide bonds. The van der Waals surface area contributed by atoms with Crippen LogP contribution >= 0.6 is 24.0 Å². The number of hydrogen-bond donors (Lipinski definition) is 2. The maximum Gasteiger partial charge on any atom is 0.267 e. The molecule has 0 spiro atoms. The SMILES string of the molecule is Cc1cccn2c(=O)c(/C=C3/SC(=S)N(Cc4ccccc4)C3=O)c(NC[C@@H](O)c3ccccc3)nc12. The number of nitrogens with zero attached hydrogens (tertiary/aromatic N) is 3. The first-order valence-electron chi connectivity index (χ1n) is 11.7. The van der Waals surface area contributed by atoms with E-state index in [4.69, 9.17) is 17.2 Å². The molecule has 7 nitrogen and oxygen atoms in total. The molecule has 9 heteroatoms. The first-order chi connectivity index (χ1) is 17.9. The summed E-state index contributed by atoms with van der Waals surface area (Å²) < 4.78 is 1.89.